The molecule has 7 nitrogen and oxygen atoms in total. The molecule has 0 unspecified atom stereocenters. The predicted octanol–water partition coefficient (Wildman–Crippen LogP) is 7.35. The van der Waals surface area contributed by atoms with Crippen molar-refractivity contribution < 1.29 is 0 Å². The van der Waals surface area contributed by atoms with Gasteiger partial charge in [-0.25, -0.2) is 19.9 Å². The highest BCUT2D eigenvalue weighted by Gasteiger charge is 2.24. The van der Waals surface area contributed by atoms with Crippen LogP contribution < -0.4 is 0 Å². The Balaban J connectivity index is 1.76. The zero-order valence-electron chi connectivity index (χ0n) is 22.0. The summed E-state index contributed by atoms with van der Waals surface area (Å²) in [7, 11) is 5.84. The summed E-state index contributed by atoms with van der Waals surface area (Å²) < 4.78 is 4.09. The summed E-state index contributed by atoms with van der Waals surface area (Å²) in [6.45, 7) is 5.08. The predicted molar refractivity (Wildman–Crippen MR) is 157 cm³/mol. The van der Waals surface area contributed by atoms with Crippen LogP contribution >= 0.6 is 23.2 Å². The first kappa shape index (κ1) is 25.9. The number of nitrogens with zero attached hydrogens (tertiary/aromatic N) is 7. The zero-order chi connectivity index (χ0) is 27.0. The first-order valence-electron chi connectivity index (χ1n) is 12.4. The highest BCUT2D eigenvalue weighted by molar-refractivity contribution is 6.39. The molecule has 0 bridgehead atoms. The van der Waals surface area contributed by atoms with Gasteiger partial charge >= 0.3 is 0 Å². The van der Waals surface area contributed by atoms with Crippen molar-refractivity contribution in [2.75, 3.05) is 14.1 Å². The maximum absolute atomic E-state index is 6.61. The van der Waals surface area contributed by atoms with E-state index in [1.807, 2.05) is 91.3 Å². The van der Waals surface area contributed by atoms with Crippen LogP contribution in [0.25, 0.3) is 45.2 Å². The lowest BCUT2D eigenvalue weighted by Crippen LogP contribution is -2.09. The smallest absolute Gasteiger partial charge is 0.233 e. The van der Waals surface area contributed by atoms with Crippen LogP contribution in [0, 0.1) is 5.92 Å². The second-order valence-corrected chi connectivity index (χ2v) is 10.6. The maximum Gasteiger partial charge on any atom is 0.233 e. The summed E-state index contributed by atoms with van der Waals surface area (Å²) in [4.78, 5) is 21.5. The molecule has 0 aliphatic carbocycles. The molecule has 0 amide bonds. The third-order valence-electron chi connectivity index (χ3n) is 6.10. The van der Waals surface area contributed by atoms with Gasteiger partial charge in [-0.05, 0) is 30.2 Å². The van der Waals surface area contributed by atoms with Gasteiger partial charge in [0.1, 0.15) is 11.3 Å². The van der Waals surface area contributed by atoms with E-state index in [9.17, 15) is 0 Å². The van der Waals surface area contributed by atoms with Gasteiger partial charge in [0.2, 0.25) is 5.95 Å². The van der Waals surface area contributed by atoms with Gasteiger partial charge in [-0.1, -0.05) is 73.4 Å². The van der Waals surface area contributed by atoms with Gasteiger partial charge in [-0.3, -0.25) is 4.57 Å². The molecule has 0 aliphatic rings. The van der Waals surface area contributed by atoms with Crippen molar-refractivity contribution >= 4 is 46.7 Å². The maximum atomic E-state index is 6.61. The first-order valence-corrected chi connectivity index (χ1v) is 13.1. The molecule has 0 N–H and O–H groups in total. The van der Waals surface area contributed by atoms with Gasteiger partial charge in [0.05, 0.1) is 39.0 Å². The minimum atomic E-state index is 0.386. The van der Waals surface area contributed by atoms with E-state index in [2.05, 4.69) is 23.4 Å². The van der Waals surface area contributed by atoms with Gasteiger partial charge in [0.15, 0.2) is 5.65 Å². The van der Waals surface area contributed by atoms with E-state index in [0.717, 1.165) is 40.4 Å². The van der Waals surface area contributed by atoms with Crippen LogP contribution in [0.5, 0.6) is 0 Å². The fourth-order valence-electron chi connectivity index (χ4n) is 4.44. The minimum Gasteiger partial charge on any atom is -0.369 e. The molecule has 0 radical (unpaired) electrons. The number of aromatic nitrogens is 5. The number of hydrogen-bond acceptors (Lipinski definition) is 4. The van der Waals surface area contributed by atoms with Crippen molar-refractivity contribution in [3.63, 3.8) is 0 Å². The lowest BCUT2D eigenvalue weighted by Gasteiger charge is -2.11. The van der Waals surface area contributed by atoms with Gasteiger partial charge in [-0.15, -0.1) is 0 Å². The third kappa shape index (κ3) is 4.91. The molecule has 0 fully saturated rings. The van der Waals surface area contributed by atoms with Crippen LogP contribution in [0.3, 0.4) is 0 Å². The Hall–Kier alpha value is -3.68. The van der Waals surface area contributed by atoms with Crippen LogP contribution in [0.2, 0.25) is 10.0 Å². The van der Waals surface area contributed by atoms with Crippen LogP contribution in [-0.2, 0) is 13.6 Å². The normalized spacial score (nSPS) is 11.8. The molecule has 0 aliphatic heterocycles. The van der Waals surface area contributed by atoms with E-state index in [1.165, 1.54) is 0 Å². The summed E-state index contributed by atoms with van der Waals surface area (Å²) in [6, 6.07) is 19.5. The molecule has 5 rings (SSSR count). The van der Waals surface area contributed by atoms with Crippen molar-refractivity contribution in [3.05, 3.63) is 70.7 Å². The van der Waals surface area contributed by atoms with Gasteiger partial charge in [-0.2, -0.15) is 0 Å². The third-order valence-corrected chi connectivity index (χ3v) is 6.73. The van der Waals surface area contributed by atoms with Crippen molar-refractivity contribution in [3.8, 4) is 34.0 Å². The first-order chi connectivity index (χ1) is 18.2. The van der Waals surface area contributed by atoms with Gasteiger partial charge in [0.25, 0.3) is 0 Å². The van der Waals surface area contributed by atoms with Crippen molar-refractivity contribution in [1.82, 2.24) is 29.0 Å². The second kappa shape index (κ2) is 10.6. The lowest BCUT2D eigenvalue weighted by molar-refractivity contribution is 0.532. The number of benzene rings is 2. The zero-order valence-corrected chi connectivity index (χ0v) is 23.5. The molecule has 3 heterocycles. The van der Waals surface area contributed by atoms with Crippen LogP contribution in [0.4, 0.5) is 5.95 Å². The van der Waals surface area contributed by atoms with E-state index in [-0.39, 0.29) is 0 Å². The Labute approximate surface area is 232 Å². The van der Waals surface area contributed by atoms with Gasteiger partial charge in [0, 0.05) is 33.3 Å². The van der Waals surface area contributed by atoms with E-state index < -0.39 is 0 Å². The average molecular weight is 547 g/mol. The van der Waals surface area contributed by atoms with Crippen molar-refractivity contribution in [1.29, 1.82) is 0 Å². The standard InChI is InChI=1S/C29H29Cl2N7/c1-18(2)16-38-27-23(34-29(38)32-17-36(3)4)15-14-22(33-27)26-25(19-10-7-6-8-11-19)35-28(37(26)5)24-20(30)12-9-13-21(24)31/h6-15,17-18H,16H2,1-5H3. The Morgan fingerprint density at radius 1 is 0.921 bits per heavy atom. The van der Waals surface area contributed by atoms with E-state index in [4.69, 9.17) is 38.2 Å². The number of fused-ring (bicyclic) bond motifs is 1. The average Bonchev–Trinajstić information content (AvgIpc) is 3.40. The molecule has 194 valence electrons. The summed E-state index contributed by atoms with van der Waals surface area (Å²) in [5.74, 6) is 1.68. The SMILES string of the molecule is CC(C)Cn1c(N=CN(C)C)nc2ccc(-c3c(-c4ccccc4)nc(-c4c(Cl)cccc4Cl)n3C)nc21. The number of imidazole rings is 2. The number of hydrogen-bond donors (Lipinski definition) is 0. The Morgan fingerprint density at radius 3 is 2.29 bits per heavy atom. The molecule has 0 atom stereocenters. The molecule has 0 spiro atoms. The van der Waals surface area contributed by atoms with Crippen LogP contribution in [-0.4, -0.2) is 49.4 Å². The topological polar surface area (TPSA) is 64.1 Å². The van der Waals surface area contributed by atoms with E-state index >= 15 is 0 Å². The molecule has 2 aromatic carbocycles. The number of rotatable bonds is 7. The molecule has 9 heteroatoms. The van der Waals surface area contributed by atoms with E-state index in [1.54, 1.807) is 6.34 Å². The lowest BCUT2D eigenvalue weighted by atomic mass is 10.1. The Kier molecular flexibility index (Phi) is 7.23. The number of halogens is 2. The fourth-order valence-corrected chi connectivity index (χ4v) is 5.01. The highest BCUT2D eigenvalue weighted by Crippen LogP contribution is 2.40. The fraction of sp³-hybridized carbons (Fsp3) is 0.241. The monoisotopic (exact) mass is 545 g/mol. The molecule has 38 heavy (non-hydrogen) atoms. The van der Waals surface area contributed by atoms with Gasteiger partial charge < -0.3 is 9.47 Å². The Morgan fingerprint density at radius 2 is 1.63 bits per heavy atom. The molecular formula is C29H29Cl2N7. The van der Waals surface area contributed by atoms with Crippen LogP contribution in [0.15, 0.2) is 65.7 Å². The largest absolute Gasteiger partial charge is 0.369 e. The second-order valence-electron chi connectivity index (χ2n) is 9.82. The molecule has 3 aromatic heterocycles. The molecular weight excluding hydrogens is 517 g/mol. The van der Waals surface area contributed by atoms with E-state index in [0.29, 0.717) is 33.3 Å². The summed E-state index contributed by atoms with van der Waals surface area (Å²) >= 11 is 13.2. The summed E-state index contributed by atoms with van der Waals surface area (Å²) in [5.41, 5.74) is 5.66. The molecule has 0 saturated carbocycles. The quantitative estimate of drug-likeness (QED) is 0.158. The van der Waals surface area contributed by atoms with Crippen molar-refractivity contribution in [2.24, 2.45) is 18.0 Å². The summed E-state index contributed by atoms with van der Waals surface area (Å²) in [5, 5.41) is 1.08. The van der Waals surface area contributed by atoms with Crippen LogP contribution in [0.1, 0.15) is 13.8 Å². The highest BCUT2D eigenvalue weighted by atomic mass is 35.5. The molecule has 5 aromatic rings. The molecule has 0 saturated heterocycles. The Bertz CT molecular complexity index is 1610. The number of aliphatic imine (C=N–C) groups is 1. The summed E-state index contributed by atoms with van der Waals surface area (Å²) in [6.07, 6.45) is 1.76. The number of pyridine rings is 1. The van der Waals surface area contributed by atoms with Crippen molar-refractivity contribution in [2.45, 2.75) is 20.4 Å². The minimum absolute atomic E-state index is 0.386.